The van der Waals surface area contributed by atoms with Gasteiger partial charge in [-0.3, -0.25) is 4.79 Å². The van der Waals surface area contributed by atoms with Gasteiger partial charge in [-0.15, -0.1) is 0 Å². The fourth-order valence-corrected chi connectivity index (χ4v) is 5.15. The second kappa shape index (κ2) is 9.28. The Kier molecular flexibility index (Phi) is 6.53. The summed E-state index contributed by atoms with van der Waals surface area (Å²) in [7, 11) is 0. The lowest BCUT2D eigenvalue weighted by molar-refractivity contribution is -0.151. The molecule has 2 amide bonds. The summed E-state index contributed by atoms with van der Waals surface area (Å²) in [4.78, 5) is 38.2. The van der Waals surface area contributed by atoms with Crippen LogP contribution >= 0.6 is 0 Å². The van der Waals surface area contributed by atoms with E-state index in [9.17, 15) is 28.3 Å². The number of halogens is 2. The van der Waals surface area contributed by atoms with Crippen LogP contribution in [0, 0.1) is 0 Å². The first-order valence-electron chi connectivity index (χ1n) is 11.6. The van der Waals surface area contributed by atoms with Gasteiger partial charge in [0.2, 0.25) is 5.91 Å². The van der Waals surface area contributed by atoms with Crippen LogP contribution in [0.3, 0.4) is 0 Å². The molecule has 7 nitrogen and oxygen atoms in total. The molecule has 4 rings (SSSR count). The first kappa shape index (κ1) is 24.6. The SMILES string of the molecule is CCCC(C)(NC(=O)OCC1c2ccccc2-c2ccccc21)C(=O)N1CC(F)(F)C[C@@H]1C(=O)O. The molecule has 1 saturated heterocycles. The number of ether oxygens (including phenoxy) is 1. The summed E-state index contributed by atoms with van der Waals surface area (Å²) < 4.78 is 33.5. The van der Waals surface area contributed by atoms with Crippen molar-refractivity contribution in [3.63, 3.8) is 0 Å². The topological polar surface area (TPSA) is 95.9 Å². The maximum atomic E-state index is 14.0. The Morgan fingerprint density at radius 3 is 2.23 bits per heavy atom. The van der Waals surface area contributed by atoms with Crippen molar-refractivity contribution >= 4 is 18.0 Å². The van der Waals surface area contributed by atoms with Crippen LogP contribution in [0.5, 0.6) is 0 Å². The fraction of sp³-hybridized carbons (Fsp3) is 0.423. The van der Waals surface area contributed by atoms with Gasteiger partial charge in [-0.25, -0.2) is 18.4 Å². The number of carbonyl (C=O) groups excluding carboxylic acids is 2. The Morgan fingerprint density at radius 2 is 1.69 bits per heavy atom. The molecule has 186 valence electrons. The molecule has 1 unspecified atom stereocenters. The van der Waals surface area contributed by atoms with Crippen molar-refractivity contribution < 1.29 is 33.0 Å². The summed E-state index contributed by atoms with van der Waals surface area (Å²) in [6, 6.07) is 14.0. The van der Waals surface area contributed by atoms with Gasteiger partial charge in [0.25, 0.3) is 5.92 Å². The molecule has 1 heterocycles. The molecule has 1 fully saturated rings. The van der Waals surface area contributed by atoms with E-state index in [0.717, 1.165) is 22.3 Å². The molecule has 2 atom stereocenters. The number of carboxylic acids is 1. The van der Waals surface area contributed by atoms with Gasteiger partial charge < -0.3 is 20.1 Å². The molecule has 0 radical (unpaired) electrons. The number of likely N-dealkylation sites (tertiary alicyclic amines) is 1. The van der Waals surface area contributed by atoms with Gasteiger partial charge in [-0.2, -0.15) is 0 Å². The number of amides is 2. The lowest BCUT2D eigenvalue weighted by Gasteiger charge is -2.34. The van der Waals surface area contributed by atoms with Crippen LogP contribution in [0.1, 0.15) is 50.2 Å². The molecule has 2 aliphatic rings. The lowest BCUT2D eigenvalue weighted by Crippen LogP contribution is -2.59. The van der Waals surface area contributed by atoms with Gasteiger partial charge in [0.05, 0.1) is 6.54 Å². The lowest BCUT2D eigenvalue weighted by atomic mass is 9.94. The van der Waals surface area contributed by atoms with Gasteiger partial charge in [0, 0.05) is 12.3 Å². The summed E-state index contributed by atoms with van der Waals surface area (Å²) in [5.74, 6) is -5.86. The van der Waals surface area contributed by atoms with Crippen LogP contribution in [-0.2, 0) is 14.3 Å². The number of hydrogen-bond donors (Lipinski definition) is 2. The number of carboxylic acid groups (broad SMARTS) is 1. The fourth-order valence-electron chi connectivity index (χ4n) is 5.15. The van der Waals surface area contributed by atoms with Gasteiger partial charge in [0.1, 0.15) is 18.2 Å². The van der Waals surface area contributed by atoms with E-state index in [0.29, 0.717) is 11.3 Å². The van der Waals surface area contributed by atoms with E-state index in [4.69, 9.17) is 4.74 Å². The largest absolute Gasteiger partial charge is 0.480 e. The van der Waals surface area contributed by atoms with Crippen molar-refractivity contribution in [2.45, 2.75) is 56.5 Å². The Hall–Kier alpha value is -3.49. The van der Waals surface area contributed by atoms with E-state index in [-0.39, 0.29) is 18.9 Å². The first-order valence-corrected chi connectivity index (χ1v) is 11.6. The predicted molar refractivity (Wildman–Crippen MR) is 124 cm³/mol. The minimum absolute atomic E-state index is 0.0236. The average Bonchev–Trinajstić information content (AvgIpc) is 3.31. The third-order valence-electron chi connectivity index (χ3n) is 6.76. The molecular formula is C26H28F2N2O5. The highest BCUT2D eigenvalue weighted by Crippen LogP contribution is 2.44. The van der Waals surface area contributed by atoms with Crippen molar-refractivity contribution in [1.82, 2.24) is 10.2 Å². The number of nitrogens with one attached hydrogen (secondary N) is 1. The number of rotatable bonds is 7. The Morgan fingerprint density at radius 1 is 1.11 bits per heavy atom. The number of hydrogen-bond acceptors (Lipinski definition) is 4. The maximum Gasteiger partial charge on any atom is 0.408 e. The van der Waals surface area contributed by atoms with Crippen molar-refractivity contribution in [2.75, 3.05) is 13.2 Å². The summed E-state index contributed by atoms with van der Waals surface area (Å²) in [6.07, 6.45) is -1.24. The van der Waals surface area contributed by atoms with Crippen LogP contribution in [0.4, 0.5) is 13.6 Å². The Labute approximate surface area is 202 Å². The molecule has 2 N–H and O–H groups in total. The van der Waals surface area contributed by atoms with E-state index in [1.54, 1.807) is 6.92 Å². The van der Waals surface area contributed by atoms with Crippen LogP contribution in [0.2, 0.25) is 0 Å². The molecule has 0 bridgehead atoms. The van der Waals surface area contributed by atoms with E-state index in [1.807, 2.05) is 48.5 Å². The zero-order valence-corrected chi connectivity index (χ0v) is 19.6. The van der Waals surface area contributed by atoms with Crippen LogP contribution in [0.15, 0.2) is 48.5 Å². The third-order valence-corrected chi connectivity index (χ3v) is 6.76. The molecule has 2 aromatic carbocycles. The molecule has 0 aromatic heterocycles. The number of carbonyl (C=O) groups is 3. The van der Waals surface area contributed by atoms with E-state index in [1.165, 1.54) is 6.92 Å². The number of nitrogens with zero attached hydrogens (tertiary/aromatic N) is 1. The van der Waals surface area contributed by atoms with Crippen molar-refractivity contribution in [3.8, 4) is 11.1 Å². The van der Waals surface area contributed by atoms with E-state index < -0.39 is 48.4 Å². The average molecular weight is 487 g/mol. The molecule has 1 aliphatic carbocycles. The van der Waals surface area contributed by atoms with Crippen molar-refractivity contribution in [2.24, 2.45) is 0 Å². The highest BCUT2D eigenvalue weighted by atomic mass is 19.3. The van der Waals surface area contributed by atoms with E-state index in [2.05, 4.69) is 5.32 Å². The number of benzene rings is 2. The summed E-state index contributed by atoms with van der Waals surface area (Å²) >= 11 is 0. The number of alkyl carbamates (subject to hydrolysis) is 1. The van der Waals surface area contributed by atoms with Gasteiger partial charge in [0.15, 0.2) is 0 Å². The summed E-state index contributed by atoms with van der Waals surface area (Å²) in [5, 5.41) is 11.9. The quantitative estimate of drug-likeness (QED) is 0.605. The Bertz CT molecular complexity index is 1110. The van der Waals surface area contributed by atoms with Gasteiger partial charge in [-0.05, 0) is 35.6 Å². The normalized spacial score (nSPS) is 20.0. The number of aliphatic carboxylic acids is 1. The minimum atomic E-state index is -3.31. The Balaban J connectivity index is 1.49. The second-order valence-corrected chi connectivity index (χ2v) is 9.38. The molecule has 0 spiro atoms. The summed E-state index contributed by atoms with van der Waals surface area (Å²) in [6.45, 7) is 2.21. The molecule has 2 aromatic rings. The van der Waals surface area contributed by atoms with Crippen LogP contribution < -0.4 is 5.32 Å². The standard InChI is InChI=1S/C26H28F2N2O5/c1-3-12-25(2,23(33)30-15-26(27,28)13-21(30)22(31)32)29-24(34)35-14-20-18-10-6-4-8-16(18)17-9-5-7-11-19(17)20/h4-11,20-21H,3,12-15H2,1-2H3,(H,29,34)(H,31,32)/t21-,25?/m1/s1. The highest BCUT2D eigenvalue weighted by Gasteiger charge is 2.53. The second-order valence-electron chi connectivity index (χ2n) is 9.38. The van der Waals surface area contributed by atoms with Crippen LogP contribution in [0.25, 0.3) is 11.1 Å². The highest BCUT2D eigenvalue weighted by molar-refractivity contribution is 5.93. The van der Waals surface area contributed by atoms with Crippen molar-refractivity contribution in [1.29, 1.82) is 0 Å². The molecule has 1 aliphatic heterocycles. The maximum absolute atomic E-state index is 14.0. The third kappa shape index (κ3) is 4.72. The molecule has 9 heteroatoms. The molecule has 0 saturated carbocycles. The zero-order valence-electron chi connectivity index (χ0n) is 19.6. The number of alkyl halides is 2. The van der Waals surface area contributed by atoms with Gasteiger partial charge >= 0.3 is 12.1 Å². The monoisotopic (exact) mass is 486 g/mol. The molecule has 35 heavy (non-hydrogen) atoms. The predicted octanol–water partition coefficient (Wildman–Crippen LogP) is 4.40. The van der Waals surface area contributed by atoms with Gasteiger partial charge in [-0.1, -0.05) is 61.9 Å². The summed E-state index contributed by atoms with van der Waals surface area (Å²) in [5.41, 5.74) is 2.59. The number of fused-ring (bicyclic) bond motifs is 3. The van der Waals surface area contributed by atoms with Crippen molar-refractivity contribution in [3.05, 3.63) is 59.7 Å². The first-order chi connectivity index (χ1) is 16.6. The zero-order chi connectivity index (χ0) is 25.4. The minimum Gasteiger partial charge on any atom is -0.480 e. The smallest absolute Gasteiger partial charge is 0.408 e. The van der Waals surface area contributed by atoms with E-state index >= 15 is 0 Å². The van der Waals surface area contributed by atoms with Crippen LogP contribution in [-0.4, -0.2) is 58.6 Å². The molecular weight excluding hydrogens is 458 g/mol.